The summed E-state index contributed by atoms with van der Waals surface area (Å²) in [4.78, 5) is 0. The van der Waals surface area contributed by atoms with E-state index in [1.165, 1.54) is 6.07 Å². The minimum Gasteiger partial charge on any atom is -0.275 e. The van der Waals surface area contributed by atoms with Crippen LogP contribution in [0, 0.1) is 12.7 Å². The van der Waals surface area contributed by atoms with Crippen molar-refractivity contribution in [3.8, 4) is 11.3 Å². The summed E-state index contributed by atoms with van der Waals surface area (Å²) < 4.78 is 15.2. The molecule has 0 saturated heterocycles. The van der Waals surface area contributed by atoms with Crippen molar-refractivity contribution in [3.05, 3.63) is 41.8 Å². The molecule has 0 fully saturated rings. The maximum atomic E-state index is 13.5. The first-order valence-electron chi connectivity index (χ1n) is 4.43. The van der Waals surface area contributed by atoms with E-state index in [2.05, 4.69) is 5.10 Å². The molecule has 0 N–H and O–H groups in total. The van der Waals surface area contributed by atoms with E-state index >= 15 is 0 Å². The fourth-order valence-corrected chi connectivity index (χ4v) is 1.39. The summed E-state index contributed by atoms with van der Waals surface area (Å²) in [5.74, 6) is -0.219. The highest BCUT2D eigenvalue weighted by Gasteiger charge is 2.06. The predicted octanol–water partition coefficient (Wildman–Crippen LogP) is 2.53. The van der Waals surface area contributed by atoms with Crippen LogP contribution in [0.2, 0.25) is 0 Å². The average Bonchev–Trinajstić information content (AvgIpc) is 2.51. The predicted molar refractivity (Wildman–Crippen MR) is 53.3 cm³/mol. The first-order valence-corrected chi connectivity index (χ1v) is 4.43. The number of hydrogen-bond acceptors (Lipinski definition) is 1. The molecule has 0 unspecified atom stereocenters. The number of aryl methyl sites for hydroxylation is 2. The van der Waals surface area contributed by atoms with E-state index in [0.29, 0.717) is 11.3 Å². The van der Waals surface area contributed by atoms with Crippen molar-refractivity contribution >= 4 is 0 Å². The fourth-order valence-electron chi connectivity index (χ4n) is 1.39. The van der Waals surface area contributed by atoms with Gasteiger partial charge in [0.25, 0.3) is 0 Å². The van der Waals surface area contributed by atoms with Gasteiger partial charge in [0.15, 0.2) is 0 Å². The summed E-state index contributed by atoms with van der Waals surface area (Å²) in [7, 11) is 1.82. The lowest BCUT2D eigenvalue weighted by Gasteiger charge is -2.00. The lowest BCUT2D eigenvalue weighted by Crippen LogP contribution is -1.90. The summed E-state index contributed by atoms with van der Waals surface area (Å²) in [5, 5.41) is 4.15. The van der Waals surface area contributed by atoms with Crippen LogP contribution >= 0.6 is 0 Å². The Balaban J connectivity index is 2.52. The molecule has 0 aliphatic heterocycles. The lowest BCUT2D eigenvalue weighted by molar-refractivity contribution is 0.628. The normalized spacial score (nSPS) is 10.5. The molecule has 0 amide bonds. The molecule has 2 nitrogen and oxygen atoms in total. The van der Waals surface area contributed by atoms with Crippen LogP contribution in [0.25, 0.3) is 11.3 Å². The van der Waals surface area contributed by atoms with Crippen LogP contribution in [-0.2, 0) is 7.05 Å². The zero-order valence-electron chi connectivity index (χ0n) is 8.16. The molecule has 14 heavy (non-hydrogen) atoms. The third-order valence-electron chi connectivity index (χ3n) is 2.11. The molecule has 0 bridgehead atoms. The van der Waals surface area contributed by atoms with Gasteiger partial charge in [0.1, 0.15) is 5.82 Å². The van der Waals surface area contributed by atoms with Crippen LogP contribution in [0.4, 0.5) is 4.39 Å². The van der Waals surface area contributed by atoms with E-state index in [-0.39, 0.29) is 5.82 Å². The molecule has 0 spiro atoms. The zero-order valence-corrected chi connectivity index (χ0v) is 8.16. The maximum absolute atomic E-state index is 13.5. The number of rotatable bonds is 1. The van der Waals surface area contributed by atoms with Gasteiger partial charge in [-0.2, -0.15) is 5.10 Å². The van der Waals surface area contributed by atoms with E-state index in [1.54, 1.807) is 23.0 Å². The van der Waals surface area contributed by atoms with Crippen LogP contribution in [-0.4, -0.2) is 9.78 Å². The van der Waals surface area contributed by atoms with Crippen molar-refractivity contribution in [2.45, 2.75) is 6.92 Å². The van der Waals surface area contributed by atoms with Gasteiger partial charge < -0.3 is 0 Å². The Morgan fingerprint density at radius 3 is 2.64 bits per heavy atom. The molecule has 0 aliphatic carbocycles. The van der Waals surface area contributed by atoms with Gasteiger partial charge in [-0.25, -0.2) is 4.39 Å². The molecule has 3 heteroatoms. The van der Waals surface area contributed by atoms with Gasteiger partial charge in [-0.1, -0.05) is 6.07 Å². The molecule has 72 valence electrons. The van der Waals surface area contributed by atoms with E-state index in [1.807, 2.05) is 20.0 Å². The molecule has 0 radical (unpaired) electrons. The van der Waals surface area contributed by atoms with Gasteiger partial charge in [-0.3, -0.25) is 4.68 Å². The van der Waals surface area contributed by atoms with Crippen LogP contribution in [0.15, 0.2) is 30.5 Å². The van der Waals surface area contributed by atoms with E-state index in [0.717, 1.165) is 5.56 Å². The van der Waals surface area contributed by atoms with E-state index in [9.17, 15) is 4.39 Å². The van der Waals surface area contributed by atoms with Crippen molar-refractivity contribution in [1.82, 2.24) is 9.78 Å². The summed E-state index contributed by atoms with van der Waals surface area (Å²) in [6.07, 6.45) is 1.80. The van der Waals surface area contributed by atoms with Gasteiger partial charge in [-0.05, 0) is 30.7 Å². The average molecular weight is 190 g/mol. The largest absolute Gasteiger partial charge is 0.275 e. The minimum atomic E-state index is -0.219. The topological polar surface area (TPSA) is 17.8 Å². The van der Waals surface area contributed by atoms with Gasteiger partial charge in [0.05, 0.1) is 5.69 Å². The Bertz CT molecular complexity index is 460. The van der Waals surface area contributed by atoms with Gasteiger partial charge in [0, 0.05) is 18.8 Å². The monoisotopic (exact) mass is 190 g/mol. The van der Waals surface area contributed by atoms with Crippen molar-refractivity contribution in [3.63, 3.8) is 0 Å². The molecule has 2 rings (SSSR count). The zero-order chi connectivity index (χ0) is 10.1. The van der Waals surface area contributed by atoms with Crippen LogP contribution in [0.3, 0.4) is 0 Å². The molecule has 1 heterocycles. The molecule has 1 aromatic heterocycles. The molecule has 0 aliphatic rings. The van der Waals surface area contributed by atoms with Gasteiger partial charge in [0.2, 0.25) is 0 Å². The van der Waals surface area contributed by atoms with Crippen LogP contribution in [0.1, 0.15) is 5.56 Å². The van der Waals surface area contributed by atoms with Crippen molar-refractivity contribution in [2.24, 2.45) is 7.05 Å². The number of aromatic nitrogens is 2. The SMILES string of the molecule is Cc1ccc(-c2ccn(C)n2)c(F)c1. The summed E-state index contributed by atoms with van der Waals surface area (Å²) in [6, 6.07) is 6.96. The highest BCUT2D eigenvalue weighted by molar-refractivity contribution is 5.59. The maximum Gasteiger partial charge on any atom is 0.132 e. The second-order valence-electron chi connectivity index (χ2n) is 3.36. The van der Waals surface area contributed by atoms with Gasteiger partial charge in [-0.15, -0.1) is 0 Å². The number of benzene rings is 1. The molecular weight excluding hydrogens is 179 g/mol. The number of halogens is 1. The van der Waals surface area contributed by atoms with Crippen molar-refractivity contribution in [2.75, 3.05) is 0 Å². The Labute approximate surface area is 82.0 Å². The third kappa shape index (κ3) is 1.53. The molecule has 2 aromatic rings. The second kappa shape index (κ2) is 3.25. The molecular formula is C11H11FN2. The summed E-state index contributed by atoms with van der Waals surface area (Å²) >= 11 is 0. The quantitative estimate of drug-likeness (QED) is 0.675. The second-order valence-corrected chi connectivity index (χ2v) is 3.36. The fraction of sp³-hybridized carbons (Fsp3) is 0.182. The smallest absolute Gasteiger partial charge is 0.132 e. The molecule has 0 saturated carbocycles. The number of nitrogens with zero attached hydrogens (tertiary/aromatic N) is 2. The Morgan fingerprint density at radius 1 is 1.29 bits per heavy atom. The number of hydrogen-bond donors (Lipinski definition) is 0. The summed E-state index contributed by atoms with van der Waals surface area (Å²) in [6.45, 7) is 1.87. The van der Waals surface area contributed by atoms with E-state index < -0.39 is 0 Å². The highest BCUT2D eigenvalue weighted by Crippen LogP contribution is 2.21. The lowest BCUT2D eigenvalue weighted by atomic mass is 10.1. The molecule has 1 aromatic carbocycles. The van der Waals surface area contributed by atoms with Crippen molar-refractivity contribution in [1.29, 1.82) is 0 Å². The standard InChI is InChI=1S/C11H11FN2/c1-8-3-4-9(10(12)7-8)11-5-6-14(2)13-11/h3-7H,1-2H3. The van der Waals surface area contributed by atoms with Crippen LogP contribution in [0.5, 0.6) is 0 Å². The molecule has 0 atom stereocenters. The van der Waals surface area contributed by atoms with Crippen LogP contribution < -0.4 is 0 Å². The first kappa shape index (κ1) is 8.94. The Morgan fingerprint density at radius 2 is 2.07 bits per heavy atom. The highest BCUT2D eigenvalue weighted by atomic mass is 19.1. The third-order valence-corrected chi connectivity index (χ3v) is 2.11. The Kier molecular flexibility index (Phi) is 2.08. The van der Waals surface area contributed by atoms with Crippen molar-refractivity contribution < 1.29 is 4.39 Å². The minimum absolute atomic E-state index is 0.219. The first-order chi connectivity index (χ1) is 6.66. The Hall–Kier alpha value is -1.64. The van der Waals surface area contributed by atoms with E-state index in [4.69, 9.17) is 0 Å². The summed E-state index contributed by atoms with van der Waals surface area (Å²) in [5.41, 5.74) is 2.14. The van der Waals surface area contributed by atoms with Gasteiger partial charge >= 0.3 is 0 Å².